The van der Waals surface area contributed by atoms with Gasteiger partial charge in [-0.25, -0.2) is 13.2 Å². The second kappa shape index (κ2) is 5.56. The summed E-state index contributed by atoms with van der Waals surface area (Å²) in [5.74, 6) is -0.360. The monoisotopic (exact) mass is 296 g/mol. The Kier molecular flexibility index (Phi) is 4.18. The molecule has 20 heavy (non-hydrogen) atoms. The molecule has 110 valence electrons. The van der Waals surface area contributed by atoms with Gasteiger partial charge in [0.1, 0.15) is 15.9 Å². The number of sulfone groups is 1. The van der Waals surface area contributed by atoms with Crippen molar-refractivity contribution in [2.24, 2.45) is 0 Å². The van der Waals surface area contributed by atoms with E-state index in [-0.39, 0.29) is 17.3 Å². The van der Waals surface area contributed by atoms with Crippen LogP contribution in [-0.4, -0.2) is 32.0 Å². The van der Waals surface area contributed by atoms with Gasteiger partial charge in [-0.15, -0.1) is 0 Å². The highest BCUT2D eigenvalue weighted by atomic mass is 32.2. The second-order valence-electron chi connectivity index (χ2n) is 5.61. The van der Waals surface area contributed by atoms with E-state index in [0.717, 1.165) is 11.1 Å². The minimum Gasteiger partial charge on any atom is -0.459 e. The van der Waals surface area contributed by atoms with Gasteiger partial charge in [-0.05, 0) is 38.3 Å². The molecule has 4 nitrogen and oxygen atoms in total. The van der Waals surface area contributed by atoms with Crippen LogP contribution in [0, 0.1) is 13.8 Å². The summed E-state index contributed by atoms with van der Waals surface area (Å²) in [6.07, 6.45) is 2.56. The number of benzene rings is 1. The maximum Gasteiger partial charge on any atom is 0.338 e. The van der Waals surface area contributed by atoms with Crippen molar-refractivity contribution in [3.63, 3.8) is 0 Å². The predicted molar refractivity (Wildman–Crippen MR) is 77.6 cm³/mol. The van der Waals surface area contributed by atoms with Gasteiger partial charge >= 0.3 is 5.97 Å². The number of esters is 1. The summed E-state index contributed by atoms with van der Waals surface area (Å²) in [6, 6.07) is 5.57. The highest BCUT2D eigenvalue weighted by Gasteiger charge is 2.33. The Labute approximate surface area is 120 Å². The van der Waals surface area contributed by atoms with Crippen LogP contribution in [-0.2, 0) is 14.6 Å². The van der Waals surface area contributed by atoms with Crippen molar-refractivity contribution in [1.82, 2.24) is 0 Å². The predicted octanol–water partition coefficient (Wildman–Crippen LogP) is 2.43. The minimum atomic E-state index is -3.04. The summed E-state index contributed by atoms with van der Waals surface area (Å²) >= 11 is 0. The largest absolute Gasteiger partial charge is 0.459 e. The Morgan fingerprint density at radius 3 is 2.50 bits per heavy atom. The molecule has 0 N–H and O–H groups in total. The molecule has 0 bridgehead atoms. The van der Waals surface area contributed by atoms with Gasteiger partial charge in [0.15, 0.2) is 0 Å². The molecule has 1 aliphatic rings. The van der Waals surface area contributed by atoms with E-state index in [1.54, 1.807) is 6.07 Å². The molecular formula is C15H20O4S. The van der Waals surface area contributed by atoms with E-state index < -0.39 is 9.84 Å². The van der Waals surface area contributed by atoms with Crippen LogP contribution in [0.25, 0.3) is 0 Å². The number of hydrogen-bond donors (Lipinski definition) is 0. The lowest BCUT2D eigenvalue weighted by atomic mass is 10.1. The number of ether oxygens (including phenoxy) is 1. The van der Waals surface area contributed by atoms with Crippen molar-refractivity contribution < 1.29 is 17.9 Å². The van der Waals surface area contributed by atoms with E-state index in [9.17, 15) is 13.2 Å². The molecule has 0 radical (unpaired) electrons. The molecule has 2 atom stereocenters. The van der Waals surface area contributed by atoms with Crippen molar-refractivity contribution >= 4 is 15.8 Å². The SMILES string of the molecule is Cc1ccc(C(=O)O[C@H]2CC[C@H](S(C)(=O)=O)C2)c(C)c1. The van der Waals surface area contributed by atoms with E-state index in [1.807, 2.05) is 26.0 Å². The zero-order valence-electron chi connectivity index (χ0n) is 12.0. The molecule has 0 spiro atoms. The van der Waals surface area contributed by atoms with Crippen LogP contribution < -0.4 is 0 Å². The average Bonchev–Trinajstić information content (AvgIpc) is 2.76. The summed E-state index contributed by atoms with van der Waals surface area (Å²) in [7, 11) is -3.04. The zero-order valence-corrected chi connectivity index (χ0v) is 12.9. The number of carbonyl (C=O) groups excluding carboxylic acids is 1. The summed E-state index contributed by atoms with van der Waals surface area (Å²) in [5.41, 5.74) is 2.53. The van der Waals surface area contributed by atoms with Gasteiger partial charge in [-0.1, -0.05) is 17.7 Å². The van der Waals surface area contributed by atoms with Crippen molar-refractivity contribution in [2.75, 3.05) is 6.26 Å². The standard InChI is InChI=1S/C15H20O4S/c1-10-4-7-14(11(2)8-10)15(16)19-12-5-6-13(9-12)20(3,17)18/h4,7-8,12-13H,5-6,9H2,1-3H3/t12-,13-/m0/s1. The number of rotatable bonds is 3. The van der Waals surface area contributed by atoms with E-state index in [2.05, 4.69) is 0 Å². The smallest absolute Gasteiger partial charge is 0.338 e. The first-order valence-electron chi connectivity index (χ1n) is 6.74. The van der Waals surface area contributed by atoms with E-state index in [4.69, 9.17) is 4.74 Å². The molecule has 1 aromatic carbocycles. The van der Waals surface area contributed by atoms with Crippen molar-refractivity contribution in [1.29, 1.82) is 0 Å². The van der Waals surface area contributed by atoms with Crippen LogP contribution in [0.4, 0.5) is 0 Å². The Bertz CT molecular complexity index is 619. The van der Waals surface area contributed by atoms with Crippen LogP contribution in [0.5, 0.6) is 0 Å². The lowest BCUT2D eigenvalue weighted by Gasteiger charge is -2.13. The molecule has 1 fully saturated rings. The zero-order chi connectivity index (χ0) is 14.9. The molecule has 0 saturated heterocycles. The number of hydrogen-bond acceptors (Lipinski definition) is 4. The topological polar surface area (TPSA) is 60.4 Å². The Balaban J connectivity index is 2.03. The minimum absolute atomic E-state index is 0.289. The quantitative estimate of drug-likeness (QED) is 0.804. The molecule has 0 aromatic heterocycles. The highest BCUT2D eigenvalue weighted by molar-refractivity contribution is 7.91. The molecule has 2 rings (SSSR count). The summed E-state index contributed by atoms with van der Waals surface area (Å²) in [4.78, 5) is 12.1. The average molecular weight is 296 g/mol. The lowest BCUT2D eigenvalue weighted by molar-refractivity contribution is 0.0317. The third-order valence-electron chi connectivity index (χ3n) is 3.82. The van der Waals surface area contributed by atoms with E-state index in [0.29, 0.717) is 24.8 Å². The fraction of sp³-hybridized carbons (Fsp3) is 0.533. The van der Waals surface area contributed by atoms with Gasteiger partial charge in [-0.3, -0.25) is 0 Å². The molecule has 1 saturated carbocycles. The van der Waals surface area contributed by atoms with Crippen LogP contribution in [0.3, 0.4) is 0 Å². The summed E-state index contributed by atoms with van der Waals surface area (Å²) in [6.45, 7) is 3.84. The third kappa shape index (κ3) is 3.39. The third-order valence-corrected chi connectivity index (χ3v) is 5.46. The normalized spacial score (nSPS) is 22.8. The van der Waals surface area contributed by atoms with Gasteiger partial charge in [0.2, 0.25) is 0 Å². The Hall–Kier alpha value is -1.36. The van der Waals surface area contributed by atoms with Gasteiger partial charge in [-0.2, -0.15) is 0 Å². The van der Waals surface area contributed by atoms with E-state index >= 15 is 0 Å². The van der Waals surface area contributed by atoms with Crippen LogP contribution in [0.2, 0.25) is 0 Å². The number of carbonyl (C=O) groups is 1. The summed E-state index contributed by atoms with van der Waals surface area (Å²) in [5, 5.41) is -0.376. The molecular weight excluding hydrogens is 276 g/mol. The van der Waals surface area contributed by atoms with Crippen molar-refractivity contribution in [3.05, 3.63) is 34.9 Å². The van der Waals surface area contributed by atoms with Crippen LogP contribution in [0.1, 0.15) is 40.7 Å². The molecule has 0 heterocycles. The van der Waals surface area contributed by atoms with Gasteiger partial charge < -0.3 is 4.74 Å². The fourth-order valence-electron chi connectivity index (χ4n) is 2.65. The maximum atomic E-state index is 12.1. The van der Waals surface area contributed by atoms with Gasteiger partial charge in [0.05, 0.1) is 10.8 Å². The Morgan fingerprint density at radius 1 is 1.25 bits per heavy atom. The molecule has 0 amide bonds. The maximum absolute atomic E-state index is 12.1. The van der Waals surface area contributed by atoms with Crippen molar-refractivity contribution in [2.45, 2.75) is 44.5 Å². The Morgan fingerprint density at radius 2 is 1.95 bits per heavy atom. The van der Waals surface area contributed by atoms with Crippen LogP contribution >= 0.6 is 0 Å². The van der Waals surface area contributed by atoms with E-state index in [1.165, 1.54) is 6.26 Å². The first-order valence-corrected chi connectivity index (χ1v) is 8.70. The first kappa shape index (κ1) is 15.0. The first-order chi connectivity index (χ1) is 9.27. The molecule has 1 aromatic rings. The number of aryl methyl sites for hydroxylation is 2. The van der Waals surface area contributed by atoms with Gasteiger partial charge in [0, 0.05) is 12.7 Å². The molecule has 0 aliphatic heterocycles. The summed E-state index contributed by atoms with van der Waals surface area (Å²) < 4.78 is 28.4. The van der Waals surface area contributed by atoms with Crippen molar-refractivity contribution in [3.8, 4) is 0 Å². The highest BCUT2D eigenvalue weighted by Crippen LogP contribution is 2.28. The van der Waals surface area contributed by atoms with Gasteiger partial charge in [0.25, 0.3) is 0 Å². The molecule has 0 unspecified atom stereocenters. The fourth-order valence-corrected chi connectivity index (χ4v) is 3.78. The lowest BCUT2D eigenvalue weighted by Crippen LogP contribution is -2.20. The second-order valence-corrected chi connectivity index (χ2v) is 7.94. The molecule has 1 aliphatic carbocycles. The molecule has 5 heteroatoms. The van der Waals surface area contributed by atoms with Crippen LogP contribution in [0.15, 0.2) is 18.2 Å².